The van der Waals surface area contributed by atoms with Crippen LogP contribution in [-0.2, 0) is 11.3 Å². The molecule has 0 aliphatic carbocycles. The summed E-state index contributed by atoms with van der Waals surface area (Å²) in [5.41, 5.74) is 0.968. The molecule has 0 atom stereocenters. The minimum absolute atomic E-state index is 0. The average Bonchev–Trinajstić information content (AvgIpc) is 3.02. The molecule has 0 saturated heterocycles. The SMILES string of the molecule is CCNC(=NCc1cc(C(C)C)no1)NCCN(C)CCCOC.I. The zero-order valence-electron chi connectivity index (χ0n) is 16.2. The Morgan fingerprint density at radius 3 is 2.72 bits per heavy atom. The Bertz CT molecular complexity index is 479. The first-order chi connectivity index (χ1) is 11.6. The smallest absolute Gasteiger partial charge is 0.191 e. The van der Waals surface area contributed by atoms with Crippen molar-refractivity contribution in [2.24, 2.45) is 4.99 Å². The predicted octanol–water partition coefficient (Wildman–Crippen LogP) is 2.44. The van der Waals surface area contributed by atoms with Crippen molar-refractivity contribution in [1.29, 1.82) is 0 Å². The van der Waals surface area contributed by atoms with Crippen LogP contribution < -0.4 is 10.6 Å². The van der Waals surface area contributed by atoms with Crippen molar-refractivity contribution in [1.82, 2.24) is 20.7 Å². The van der Waals surface area contributed by atoms with Crippen LogP contribution in [0.2, 0.25) is 0 Å². The third kappa shape index (κ3) is 10.7. The summed E-state index contributed by atoms with van der Waals surface area (Å²) < 4.78 is 10.4. The highest BCUT2D eigenvalue weighted by Crippen LogP contribution is 2.14. The van der Waals surface area contributed by atoms with Gasteiger partial charge in [0.2, 0.25) is 0 Å². The Balaban J connectivity index is 0.00000576. The Labute approximate surface area is 169 Å². The molecule has 0 aliphatic rings. The Morgan fingerprint density at radius 1 is 1.36 bits per heavy atom. The fourth-order valence-corrected chi connectivity index (χ4v) is 2.13. The molecule has 1 aromatic rings. The number of ether oxygens (including phenoxy) is 1. The van der Waals surface area contributed by atoms with Gasteiger partial charge in [-0.25, -0.2) is 4.99 Å². The molecule has 0 fully saturated rings. The van der Waals surface area contributed by atoms with Gasteiger partial charge in [0.1, 0.15) is 6.54 Å². The largest absolute Gasteiger partial charge is 0.385 e. The number of hydrogen-bond donors (Lipinski definition) is 2. The Hall–Kier alpha value is -0.870. The van der Waals surface area contributed by atoms with Crippen LogP contribution in [0.25, 0.3) is 0 Å². The molecule has 1 aromatic heterocycles. The van der Waals surface area contributed by atoms with Crippen molar-refractivity contribution < 1.29 is 9.26 Å². The van der Waals surface area contributed by atoms with E-state index in [1.807, 2.05) is 6.07 Å². The third-order valence-electron chi connectivity index (χ3n) is 3.58. The number of methoxy groups -OCH3 is 1. The molecule has 8 heteroatoms. The monoisotopic (exact) mass is 467 g/mol. The van der Waals surface area contributed by atoms with Gasteiger partial charge in [-0.15, -0.1) is 24.0 Å². The second-order valence-electron chi connectivity index (χ2n) is 6.14. The van der Waals surface area contributed by atoms with Gasteiger partial charge in [0.25, 0.3) is 0 Å². The van der Waals surface area contributed by atoms with Gasteiger partial charge < -0.3 is 24.8 Å². The number of rotatable bonds is 11. The van der Waals surface area contributed by atoms with E-state index < -0.39 is 0 Å². The Morgan fingerprint density at radius 2 is 2.12 bits per heavy atom. The molecule has 0 aromatic carbocycles. The number of nitrogens with zero attached hydrogens (tertiary/aromatic N) is 3. The van der Waals surface area contributed by atoms with Gasteiger partial charge in [-0.1, -0.05) is 19.0 Å². The van der Waals surface area contributed by atoms with E-state index in [0.717, 1.165) is 56.6 Å². The summed E-state index contributed by atoms with van der Waals surface area (Å²) in [5, 5.41) is 10.7. The topological polar surface area (TPSA) is 74.9 Å². The van der Waals surface area contributed by atoms with Crippen molar-refractivity contribution in [3.63, 3.8) is 0 Å². The first-order valence-corrected chi connectivity index (χ1v) is 8.72. The summed E-state index contributed by atoms with van der Waals surface area (Å²) >= 11 is 0. The molecule has 0 amide bonds. The Kier molecular flexibility index (Phi) is 13.8. The summed E-state index contributed by atoms with van der Waals surface area (Å²) in [4.78, 5) is 6.83. The maximum Gasteiger partial charge on any atom is 0.191 e. The summed E-state index contributed by atoms with van der Waals surface area (Å²) in [7, 11) is 3.85. The summed E-state index contributed by atoms with van der Waals surface area (Å²) in [6.45, 7) is 11.2. The van der Waals surface area contributed by atoms with Crippen LogP contribution in [-0.4, -0.2) is 63.0 Å². The summed E-state index contributed by atoms with van der Waals surface area (Å²) in [5.74, 6) is 1.95. The standard InChI is InChI=1S/C17H33N5O2.HI/c1-6-18-17(19-8-10-22(4)9-7-11-23-5)20-13-15-12-16(14(2)3)21-24-15;/h12,14H,6-11,13H2,1-5H3,(H2,18,19,20);1H. The molecule has 1 heterocycles. The van der Waals surface area contributed by atoms with Gasteiger partial charge in [-0.05, 0) is 26.3 Å². The van der Waals surface area contributed by atoms with E-state index in [9.17, 15) is 0 Å². The van der Waals surface area contributed by atoms with Crippen LogP contribution in [0.1, 0.15) is 44.6 Å². The highest BCUT2D eigenvalue weighted by molar-refractivity contribution is 14.0. The van der Waals surface area contributed by atoms with E-state index in [1.165, 1.54) is 0 Å². The number of guanidine groups is 1. The predicted molar refractivity (Wildman–Crippen MR) is 113 cm³/mol. The molecular formula is C17H34IN5O2. The molecule has 0 radical (unpaired) electrons. The second-order valence-corrected chi connectivity index (χ2v) is 6.14. The number of hydrogen-bond acceptors (Lipinski definition) is 5. The van der Waals surface area contributed by atoms with E-state index in [1.54, 1.807) is 7.11 Å². The van der Waals surface area contributed by atoms with Crippen molar-refractivity contribution in [3.8, 4) is 0 Å². The van der Waals surface area contributed by atoms with E-state index >= 15 is 0 Å². The number of nitrogens with one attached hydrogen (secondary N) is 2. The summed E-state index contributed by atoms with van der Waals surface area (Å²) in [6, 6.07) is 1.97. The van der Waals surface area contributed by atoms with Gasteiger partial charge >= 0.3 is 0 Å². The minimum atomic E-state index is 0. The average molecular weight is 467 g/mol. The molecule has 0 spiro atoms. The lowest BCUT2D eigenvalue weighted by molar-refractivity contribution is 0.180. The molecule has 0 unspecified atom stereocenters. The van der Waals surface area contributed by atoms with Gasteiger partial charge in [-0.3, -0.25) is 0 Å². The maximum atomic E-state index is 5.32. The number of halogens is 1. The van der Waals surface area contributed by atoms with Crippen LogP contribution in [0.3, 0.4) is 0 Å². The van der Waals surface area contributed by atoms with Crippen molar-refractivity contribution in [3.05, 3.63) is 17.5 Å². The molecule has 1 rings (SSSR count). The van der Waals surface area contributed by atoms with Crippen molar-refractivity contribution in [2.45, 2.75) is 39.7 Å². The highest BCUT2D eigenvalue weighted by atomic mass is 127. The number of aromatic nitrogens is 1. The van der Waals surface area contributed by atoms with E-state index in [-0.39, 0.29) is 24.0 Å². The lowest BCUT2D eigenvalue weighted by atomic mass is 10.1. The van der Waals surface area contributed by atoms with Crippen molar-refractivity contribution >= 4 is 29.9 Å². The molecule has 2 N–H and O–H groups in total. The molecule has 0 aliphatic heterocycles. The van der Waals surface area contributed by atoms with E-state index in [0.29, 0.717) is 12.5 Å². The molecule has 7 nitrogen and oxygen atoms in total. The zero-order valence-corrected chi connectivity index (χ0v) is 18.5. The third-order valence-corrected chi connectivity index (χ3v) is 3.58. The molecule has 0 saturated carbocycles. The van der Waals surface area contributed by atoms with Crippen LogP contribution >= 0.6 is 24.0 Å². The molecule has 146 valence electrons. The molecular weight excluding hydrogens is 433 g/mol. The zero-order chi connectivity index (χ0) is 17.8. The lowest BCUT2D eigenvalue weighted by Crippen LogP contribution is -2.41. The van der Waals surface area contributed by atoms with Gasteiger partial charge in [0, 0.05) is 46.0 Å². The minimum Gasteiger partial charge on any atom is -0.385 e. The van der Waals surface area contributed by atoms with E-state index in [4.69, 9.17) is 9.26 Å². The fourth-order valence-electron chi connectivity index (χ4n) is 2.13. The number of aliphatic imine (C=N–C) groups is 1. The number of likely N-dealkylation sites (N-methyl/N-ethyl adjacent to an activating group) is 1. The second kappa shape index (κ2) is 14.3. The lowest BCUT2D eigenvalue weighted by Gasteiger charge is -2.18. The van der Waals surface area contributed by atoms with Crippen LogP contribution in [0.5, 0.6) is 0 Å². The van der Waals surface area contributed by atoms with Crippen molar-refractivity contribution in [2.75, 3.05) is 46.9 Å². The van der Waals surface area contributed by atoms with Crippen LogP contribution in [0, 0.1) is 0 Å². The van der Waals surface area contributed by atoms with Gasteiger partial charge in [-0.2, -0.15) is 0 Å². The van der Waals surface area contributed by atoms with Gasteiger partial charge in [0.05, 0.1) is 5.69 Å². The normalized spacial score (nSPS) is 11.7. The summed E-state index contributed by atoms with van der Waals surface area (Å²) in [6.07, 6.45) is 1.05. The first-order valence-electron chi connectivity index (χ1n) is 8.72. The fraction of sp³-hybridized carbons (Fsp3) is 0.765. The van der Waals surface area contributed by atoms with Crippen LogP contribution in [0.4, 0.5) is 0 Å². The van der Waals surface area contributed by atoms with E-state index in [2.05, 4.69) is 53.5 Å². The van der Waals surface area contributed by atoms with Crippen LogP contribution in [0.15, 0.2) is 15.6 Å². The first kappa shape index (κ1) is 24.1. The van der Waals surface area contributed by atoms with Gasteiger partial charge in [0.15, 0.2) is 11.7 Å². The quantitative estimate of drug-likeness (QED) is 0.226. The molecule has 25 heavy (non-hydrogen) atoms. The highest BCUT2D eigenvalue weighted by Gasteiger charge is 2.07. The molecule has 0 bridgehead atoms. The maximum absolute atomic E-state index is 5.32.